The SMILES string of the molecule is COCCN1CC[C@H](c2cc3c(cnn3-c3cc(N4CCOCC4)ncn3)cc2C)[C@H](F)C1. The summed E-state index contributed by atoms with van der Waals surface area (Å²) in [5, 5.41) is 5.64. The summed E-state index contributed by atoms with van der Waals surface area (Å²) in [5.41, 5.74) is 3.11. The van der Waals surface area contributed by atoms with Gasteiger partial charge in [-0.2, -0.15) is 5.10 Å². The fourth-order valence-electron chi connectivity index (χ4n) is 4.95. The highest BCUT2D eigenvalue weighted by Gasteiger charge is 2.31. The summed E-state index contributed by atoms with van der Waals surface area (Å²) in [7, 11) is 1.68. The maximum atomic E-state index is 15.3. The van der Waals surface area contributed by atoms with Gasteiger partial charge >= 0.3 is 0 Å². The molecule has 2 atom stereocenters. The Bertz CT molecular complexity index is 1100. The molecule has 2 saturated heterocycles. The number of aromatic nitrogens is 4. The highest BCUT2D eigenvalue weighted by Crippen LogP contribution is 2.35. The molecule has 0 spiro atoms. The van der Waals surface area contributed by atoms with Crippen molar-refractivity contribution < 1.29 is 13.9 Å². The van der Waals surface area contributed by atoms with Crippen LogP contribution in [0.15, 0.2) is 30.7 Å². The van der Waals surface area contributed by atoms with Crippen molar-refractivity contribution in [3.63, 3.8) is 0 Å². The molecule has 33 heavy (non-hydrogen) atoms. The molecule has 0 bridgehead atoms. The van der Waals surface area contributed by atoms with E-state index in [0.29, 0.717) is 32.2 Å². The molecule has 2 aliphatic rings. The van der Waals surface area contributed by atoms with Crippen LogP contribution in [0.1, 0.15) is 23.5 Å². The first-order valence-electron chi connectivity index (χ1n) is 11.6. The van der Waals surface area contributed by atoms with Crippen LogP contribution in [0.5, 0.6) is 0 Å². The smallest absolute Gasteiger partial charge is 0.159 e. The summed E-state index contributed by atoms with van der Waals surface area (Å²) in [4.78, 5) is 13.3. The largest absolute Gasteiger partial charge is 0.383 e. The first-order chi connectivity index (χ1) is 16.1. The second-order valence-corrected chi connectivity index (χ2v) is 8.86. The molecule has 1 aromatic carbocycles. The molecule has 0 N–H and O–H groups in total. The highest BCUT2D eigenvalue weighted by molar-refractivity contribution is 5.82. The van der Waals surface area contributed by atoms with Gasteiger partial charge in [-0.05, 0) is 43.1 Å². The molecule has 4 heterocycles. The maximum Gasteiger partial charge on any atom is 0.159 e. The van der Waals surface area contributed by atoms with Gasteiger partial charge in [-0.15, -0.1) is 0 Å². The van der Waals surface area contributed by atoms with Gasteiger partial charge < -0.3 is 14.4 Å². The molecular formula is C24H31FN6O2. The predicted molar refractivity (Wildman–Crippen MR) is 125 cm³/mol. The Hall–Kier alpha value is -2.62. The number of anilines is 1. The topological polar surface area (TPSA) is 68.5 Å². The lowest BCUT2D eigenvalue weighted by Crippen LogP contribution is -2.42. The molecule has 2 aromatic heterocycles. The lowest BCUT2D eigenvalue weighted by atomic mass is 9.85. The average Bonchev–Trinajstić information content (AvgIpc) is 3.26. The Morgan fingerprint density at radius 3 is 2.73 bits per heavy atom. The van der Waals surface area contributed by atoms with Crippen LogP contribution in [0.4, 0.5) is 10.2 Å². The Labute approximate surface area is 193 Å². The minimum atomic E-state index is -0.907. The maximum absolute atomic E-state index is 15.3. The summed E-state index contributed by atoms with van der Waals surface area (Å²) in [5.74, 6) is 1.46. The van der Waals surface area contributed by atoms with Gasteiger partial charge in [0.2, 0.25) is 0 Å². The number of nitrogens with zero attached hydrogens (tertiary/aromatic N) is 6. The van der Waals surface area contributed by atoms with Crippen molar-refractivity contribution in [2.75, 3.05) is 64.6 Å². The second-order valence-electron chi connectivity index (χ2n) is 8.86. The number of hydrogen-bond acceptors (Lipinski definition) is 7. The van der Waals surface area contributed by atoms with Crippen molar-refractivity contribution in [2.24, 2.45) is 0 Å². The Balaban J connectivity index is 1.44. The molecular weight excluding hydrogens is 423 g/mol. The summed E-state index contributed by atoms with van der Waals surface area (Å²) < 4.78 is 27.7. The molecule has 0 amide bonds. The second kappa shape index (κ2) is 9.70. The molecule has 0 unspecified atom stereocenters. The molecule has 9 heteroatoms. The lowest BCUT2D eigenvalue weighted by Gasteiger charge is -2.35. The zero-order chi connectivity index (χ0) is 22.8. The molecule has 8 nitrogen and oxygen atoms in total. The van der Waals surface area contributed by atoms with E-state index >= 15 is 4.39 Å². The normalized spacial score (nSPS) is 22.2. The van der Waals surface area contributed by atoms with Crippen LogP contribution < -0.4 is 4.90 Å². The van der Waals surface area contributed by atoms with E-state index in [-0.39, 0.29) is 5.92 Å². The number of ether oxygens (including phenoxy) is 2. The summed E-state index contributed by atoms with van der Waals surface area (Å²) in [6, 6.07) is 6.18. The van der Waals surface area contributed by atoms with Crippen LogP contribution in [-0.2, 0) is 9.47 Å². The van der Waals surface area contributed by atoms with E-state index in [1.165, 1.54) is 0 Å². The van der Waals surface area contributed by atoms with Gasteiger partial charge in [0.05, 0.1) is 31.5 Å². The van der Waals surface area contributed by atoms with Crippen LogP contribution >= 0.6 is 0 Å². The summed E-state index contributed by atoms with van der Waals surface area (Å²) in [6.45, 7) is 7.79. The Morgan fingerprint density at radius 1 is 1.12 bits per heavy atom. The number of benzene rings is 1. The van der Waals surface area contributed by atoms with Crippen molar-refractivity contribution in [2.45, 2.75) is 25.4 Å². The highest BCUT2D eigenvalue weighted by atomic mass is 19.1. The number of fused-ring (bicyclic) bond motifs is 1. The minimum absolute atomic E-state index is 0.120. The molecule has 3 aromatic rings. The monoisotopic (exact) mass is 454 g/mol. The summed E-state index contributed by atoms with van der Waals surface area (Å²) >= 11 is 0. The average molecular weight is 455 g/mol. The lowest BCUT2D eigenvalue weighted by molar-refractivity contribution is 0.0862. The first-order valence-corrected chi connectivity index (χ1v) is 11.6. The zero-order valence-corrected chi connectivity index (χ0v) is 19.3. The van der Waals surface area contributed by atoms with E-state index in [2.05, 4.69) is 43.9 Å². The van der Waals surface area contributed by atoms with E-state index in [4.69, 9.17) is 9.47 Å². The van der Waals surface area contributed by atoms with E-state index in [1.54, 1.807) is 13.4 Å². The Kier molecular flexibility index (Phi) is 6.52. The standard InChI is InChI=1S/C24H31FN6O2/c1-17-11-18-14-28-31(24-13-23(26-16-27-24)30-6-9-33-10-7-30)22(18)12-20(17)19-3-4-29(5-8-32-2)15-21(19)25/h11-14,16,19,21H,3-10,15H2,1-2H3/t19-,21-/m1/s1. The third-order valence-electron chi connectivity index (χ3n) is 6.78. The number of alkyl halides is 1. The van der Waals surface area contributed by atoms with Crippen molar-refractivity contribution in [1.29, 1.82) is 0 Å². The van der Waals surface area contributed by atoms with Crippen LogP contribution in [0.25, 0.3) is 16.7 Å². The van der Waals surface area contributed by atoms with Crippen LogP contribution in [-0.4, -0.2) is 90.5 Å². The van der Waals surface area contributed by atoms with Crippen molar-refractivity contribution in [3.05, 3.63) is 41.9 Å². The molecule has 2 aliphatic heterocycles. The molecule has 0 radical (unpaired) electrons. The van der Waals surface area contributed by atoms with Crippen LogP contribution in [0.2, 0.25) is 0 Å². The third kappa shape index (κ3) is 4.58. The number of morpholine rings is 1. The Morgan fingerprint density at radius 2 is 1.94 bits per heavy atom. The van der Waals surface area contributed by atoms with Gasteiger partial charge in [0.15, 0.2) is 5.82 Å². The van der Waals surface area contributed by atoms with Gasteiger partial charge in [0.1, 0.15) is 18.3 Å². The number of methoxy groups -OCH3 is 1. The van der Waals surface area contributed by atoms with Gasteiger partial charge in [-0.25, -0.2) is 19.0 Å². The molecule has 5 rings (SSSR count). The van der Waals surface area contributed by atoms with Crippen molar-refractivity contribution >= 4 is 16.7 Å². The molecule has 2 fully saturated rings. The van der Waals surface area contributed by atoms with E-state index in [0.717, 1.165) is 60.4 Å². The molecule has 0 aliphatic carbocycles. The fourth-order valence-corrected chi connectivity index (χ4v) is 4.95. The number of piperidine rings is 1. The third-order valence-corrected chi connectivity index (χ3v) is 6.78. The van der Waals surface area contributed by atoms with Crippen LogP contribution in [0, 0.1) is 6.92 Å². The first kappa shape index (κ1) is 22.2. The summed E-state index contributed by atoms with van der Waals surface area (Å²) in [6.07, 6.45) is 3.31. The fraction of sp³-hybridized carbons (Fsp3) is 0.542. The van der Waals surface area contributed by atoms with Gasteiger partial charge in [-0.3, -0.25) is 4.90 Å². The van der Waals surface area contributed by atoms with Gasteiger partial charge in [-0.1, -0.05) is 0 Å². The molecule has 0 saturated carbocycles. The number of rotatable bonds is 6. The van der Waals surface area contributed by atoms with Gasteiger partial charge in [0.25, 0.3) is 0 Å². The van der Waals surface area contributed by atoms with Gasteiger partial charge in [0, 0.05) is 50.7 Å². The number of likely N-dealkylation sites (tertiary alicyclic amines) is 1. The van der Waals surface area contributed by atoms with Crippen molar-refractivity contribution in [1.82, 2.24) is 24.6 Å². The predicted octanol–water partition coefficient (Wildman–Crippen LogP) is 2.73. The number of aryl methyl sites for hydroxylation is 1. The van der Waals surface area contributed by atoms with E-state index < -0.39 is 6.17 Å². The number of halogens is 1. The van der Waals surface area contributed by atoms with E-state index in [9.17, 15) is 0 Å². The quantitative estimate of drug-likeness (QED) is 0.567. The van der Waals surface area contributed by atoms with Crippen LogP contribution in [0.3, 0.4) is 0 Å². The zero-order valence-electron chi connectivity index (χ0n) is 19.3. The molecule has 176 valence electrons. The van der Waals surface area contributed by atoms with E-state index in [1.807, 2.05) is 16.9 Å². The minimum Gasteiger partial charge on any atom is -0.383 e. The number of hydrogen-bond donors (Lipinski definition) is 0. The van der Waals surface area contributed by atoms with Crippen molar-refractivity contribution in [3.8, 4) is 5.82 Å².